The van der Waals surface area contributed by atoms with Crippen LogP contribution in [0.5, 0.6) is 0 Å². The first-order valence-electron chi connectivity index (χ1n) is 3.62. The molecule has 0 radical (unpaired) electrons. The zero-order chi connectivity index (χ0) is 9.26. The Bertz CT molecular complexity index is 410. The molecule has 0 fully saturated rings. The van der Waals surface area contributed by atoms with Crippen LogP contribution in [0.4, 0.5) is 0 Å². The van der Waals surface area contributed by atoms with Crippen LogP contribution in [0.3, 0.4) is 0 Å². The molecular weight excluding hydrogens is 250 g/mol. The van der Waals surface area contributed by atoms with E-state index in [0.29, 0.717) is 5.16 Å². The summed E-state index contributed by atoms with van der Waals surface area (Å²) in [4.78, 5) is 0. The van der Waals surface area contributed by atoms with Crippen molar-refractivity contribution in [3.63, 3.8) is 0 Å². The van der Waals surface area contributed by atoms with Crippen molar-refractivity contribution in [1.29, 1.82) is 0 Å². The summed E-state index contributed by atoms with van der Waals surface area (Å²) in [7, 11) is 0. The molecule has 0 spiro atoms. The van der Waals surface area contributed by atoms with Gasteiger partial charge in [0.05, 0.1) is 0 Å². The number of nitrogens with zero attached hydrogens (tertiary/aromatic N) is 3. The van der Waals surface area contributed by atoms with E-state index in [0.717, 1.165) is 10.2 Å². The van der Waals surface area contributed by atoms with Crippen molar-refractivity contribution in [3.05, 3.63) is 35.1 Å². The average Bonchev–Trinajstić information content (AvgIpc) is 2.53. The standard InChI is InChI=1S/C8H6BrN3S/c9-6-1-3-7(4-2-6)12-5-10-11-8(12)13/h1-5H,(H,11,13). The monoisotopic (exact) mass is 255 g/mol. The molecular formula is C8H6BrN3S. The molecule has 2 aromatic rings. The van der Waals surface area contributed by atoms with Gasteiger partial charge in [0.25, 0.3) is 0 Å². The zero-order valence-electron chi connectivity index (χ0n) is 6.55. The summed E-state index contributed by atoms with van der Waals surface area (Å²) in [6.07, 6.45) is 1.63. The number of rotatable bonds is 1. The first-order valence-corrected chi connectivity index (χ1v) is 4.86. The van der Waals surface area contributed by atoms with E-state index in [-0.39, 0.29) is 0 Å². The second kappa shape index (κ2) is 3.51. The Morgan fingerprint density at radius 3 is 2.46 bits per heavy atom. The number of hydrogen-bond donors (Lipinski definition) is 1. The van der Waals surface area contributed by atoms with Gasteiger partial charge in [-0.1, -0.05) is 15.9 Å². The Balaban J connectivity index is 2.47. The second-order valence-corrected chi connectivity index (χ2v) is 3.79. The fourth-order valence-electron chi connectivity index (χ4n) is 1.01. The molecule has 0 atom stereocenters. The van der Waals surface area contributed by atoms with E-state index in [1.165, 1.54) is 0 Å². The average molecular weight is 256 g/mol. The van der Waals surface area contributed by atoms with Crippen LogP contribution in [-0.2, 0) is 0 Å². The van der Waals surface area contributed by atoms with E-state index in [1.807, 2.05) is 24.3 Å². The van der Waals surface area contributed by atoms with Crippen molar-refractivity contribution in [2.45, 2.75) is 5.16 Å². The number of hydrogen-bond acceptors (Lipinski definition) is 3. The maximum atomic E-state index is 4.16. The number of thiol groups is 1. The lowest BCUT2D eigenvalue weighted by atomic mass is 10.3. The van der Waals surface area contributed by atoms with Crippen molar-refractivity contribution in [2.24, 2.45) is 0 Å². The third kappa shape index (κ3) is 1.76. The fourth-order valence-corrected chi connectivity index (χ4v) is 1.50. The molecule has 0 aliphatic carbocycles. The maximum Gasteiger partial charge on any atom is 0.192 e. The van der Waals surface area contributed by atoms with Gasteiger partial charge in [0, 0.05) is 10.2 Å². The Morgan fingerprint density at radius 1 is 1.23 bits per heavy atom. The normalized spacial score (nSPS) is 10.3. The summed E-state index contributed by atoms with van der Waals surface area (Å²) < 4.78 is 2.85. The molecule has 2 rings (SSSR count). The highest BCUT2D eigenvalue weighted by Crippen LogP contribution is 2.15. The van der Waals surface area contributed by atoms with Crippen LogP contribution in [0.1, 0.15) is 0 Å². The highest BCUT2D eigenvalue weighted by molar-refractivity contribution is 9.10. The summed E-state index contributed by atoms with van der Waals surface area (Å²) in [6, 6.07) is 7.85. The minimum absolute atomic E-state index is 0.585. The van der Waals surface area contributed by atoms with Crippen molar-refractivity contribution in [3.8, 4) is 5.69 Å². The molecule has 0 bridgehead atoms. The lowest BCUT2D eigenvalue weighted by Gasteiger charge is -2.01. The van der Waals surface area contributed by atoms with E-state index in [9.17, 15) is 0 Å². The highest BCUT2D eigenvalue weighted by atomic mass is 79.9. The van der Waals surface area contributed by atoms with Crippen LogP contribution in [0.2, 0.25) is 0 Å². The number of benzene rings is 1. The van der Waals surface area contributed by atoms with Crippen molar-refractivity contribution < 1.29 is 0 Å². The number of aromatic nitrogens is 3. The highest BCUT2D eigenvalue weighted by Gasteiger charge is 2.00. The predicted octanol–water partition coefficient (Wildman–Crippen LogP) is 2.32. The Morgan fingerprint density at radius 2 is 1.92 bits per heavy atom. The third-order valence-electron chi connectivity index (χ3n) is 1.63. The fraction of sp³-hybridized carbons (Fsp3) is 0. The smallest absolute Gasteiger partial charge is 0.192 e. The van der Waals surface area contributed by atoms with E-state index >= 15 is 0 Å². The number of halogens is 1. The van der Waals surface area contributed by atoms with Crippen molar-refractivity contribution in [1.82, 2.24) is 14.8 Å². The van der Waals surface area contributed by atoms with Crippen LogP contribution >= 0.6 is 28.6 Å². The predicted molar refractivity (Wildman–Crippen MR) is 56.3 cm³/mol. The van der Waals surface area contributed by atoms with Gasteiger partial charge < -0.3 is 0 Å². The molecule has 0 saturated carbocycles. The molecule has 1 heterocycles. The van der Waals surface area contributed by atoms with Gasteiger partial charge in [0.1, 0.15) is 6.33 Å². The van der Waals surface area contributed by atoms with Crippen LogP contribution in [0.15, 0.2) is 40.2 Å². The van der Waals surface area contributed by atoms with E-state index in [4.69, 9.17) is 0 Å². The first-order chi connectivity index (χ1) is 6.27. The molecule has 66 valence electrons. The molecule has 3 nitrogen and oxygen atoms in total. The van der Waals surface area contributed by atoms with Crippen LogP contribution in [-0.4, -0.2) is 14.8 Å². The molecule has 0 aliphatic rings. The largest absolute Gasteiger partial charge is 0.277 e. The van der Waals surface area contributed by atoms with E-state index in [2.05, 4.69) is 38.8 Å². The summed E-state index contributed by atoms with van der Waals surface area (Å²) in [5.74, 6) is 0. The van der Waals surface area contributed by atoms with Gasteiger partial charge >= 0.3 is 0 Å². The summed E-state index contributed by atoms with van der Waals surface area (Å²) in [5, 5.41) is 8.11. The zero-order valence-corrected chi connectivity index (χ0v) is 9.03. The SMILES string of the molecule is Sc1nncn1-c1ccc(Br)cc1. The molecule has 0 amide bonds. The second-order valence-electron chi connectivity index (χ2n) is 2.48. The molecule has 1 aromatic carbocycles. The molecule has 13 heavy (non-hydrogen) atoms. The molecule has 1 aromatic heterocycles. The Kier molecular flexibility index (Phi) is 2.37. The van der Waals surface area contributed by atoms with E-state index < -0.39 is 0 Å². The van der Waals surface area contributed by atoms with Gasteiger partial charge in [0.2, 0.25) is 0 Å². The third-order valence-corrected chi connectivity index (χ3v) is 2.47. The van der Waals surface area contributed by atoms with E-state index in [1.54, 1.807) is 10.9 Å². The Hall–Kier alpha value is -0.810. The minimum atomic E-state index is 0.585. The van der Waals surface area contributed by atoms with Crippen LogP contribution in [0, 0.1) is 0 Å². The van der Waals surface area contributed by atoms with Gasteiger partial charge in [-0.25, -0.2) is 0 Å². The summed E-state index contributed by atoms with van der Waals surface area (Å²) in [6.45, 7) is 0. The van der Waals surface area contributed by atoms with Gasteiger partial charge in [-0.05, 0) is 24.3 Å². The molecule has 0 saturated heterocycles. The summed E-state index contributed by atoms with van der Waals surface area (Å²) >= 11 is 7.53. The Labute approximate surface area is 89.3 Å². The lowest BCUT2D eigenvalue weighted by Crippen LogP contribution is -1.91. The molecule has 5 heteroatoms. The van der Waals surface area contributed by atoms with Gasteiger partial charge in [0.15, 0.2) is 5.16 Å². The molecule has 0 aliphatic heterocycles. The topological polar surface area (TPSA) is 30.7 Å². The minimum Gasteiger partial charge on any atom is -0.277 e. The molecule has 0 unspecified atom stereocenters. The molecule has 0 N–H and O–H groups in total. The van der Waals surface area contributed by atoms with Gasteiger partial charge in [-0.2, -0.15) is 0 Å². The maximum absolute atomic E-state index is 4.16. The van der Waals surface area contributed by atoms with Crippen LogP contribution in [0.25, 0.3) is 5.69 Å². The quantitative estimate of drug-likeness (QED) is 0.794. The summed E-state index contributed by atoms with van der Waals surface area (Å²) in [5.41, 5.74) is 0.998. The van der Waals surface area contributed by atoms with Crippen molar-refractivity contribution in [2.75, 3.05) is 0 Å². The first kappa shape index (κ1) is 8.77. The van der Waals surface area contributed by atoms with Gasteiger partial charge in [-0.3, -0.25) is 4.57 Å². The lowest BCUT2D eigenvalue weighted by molar-refractivity contribution is 0.890. The van der Waals surface area contributed by atoms with Gasteiger partial charge in [-0.15, -0.1) is 22.8 Å². The van der Waals surface area contributed by atoms with Crippen LogP contribution < -0.4 is 0 Å². The van der Waals surface area contributed by atoms with Crippen molar-refractivity contribution >= 4 is 28.6 Å².